The fourth-order valence-electron chi connectivity index (χ4n) is 2.85. The molecule has 0 spiro atoms. The molecule has 22 heavy (non-hydrogen) atoms. The molecule has 2 atom stereocenters. The van der Waals surface area contributed by atoms with Crippen LogP contribution in [0, 0.1) is 17.3 Å². The Morgan fingerprint density at radius 3 is 2.50 bits per heavy atom. The monoisotopic (exact) mass is 425 g/mol. The molecule has 1 saturated heterocycles. The Bertz CT molecular complexity index is 326. The lowest BCUT2D eigenvalue weighted by atomic mass is 9.78. The molecule has 132 valence electrons. The lowest BCUT2D eigenvalue weighted by molar-refractivity contribution is -0.0835. The molecule has 1 fully saturated rings. The predicted octanol–water partition coefficient (Wildman–Crippen LogP) is 3.66. The summed E-state index contributed by atoms with van der Waals surface area (Å²) in [5, 5.41) is 6.84. The fourth-order valence-corrected chi connectivity index (χ4v) is 2.85. The number of aliphatic imine (C=N–C) groups is 1. The highest BCUT2D eigenvalue weighted by Crippen LogP contribution is 2.33. The lowest BCUT2D eigenvalue weighted by Crippen LogP contribution is -2.47. The molecule has 0 aromatic rings. The molecule has 2 unspecified atom stereocenters. The van der Waals surface area contributed by atoms with Crippen LogP contribution in [0.1, 0.15) is 54.4 Å². The minimum Gasteiger partial charge on any atom is -0.377 e. The Morgan fingerprint density at radius 1 is 1.27 bits per heavy atom. The van der Waals surface area contributed by atoms with E-state index in [9.17, 15) is 0 Å². The van der Waals surface area contributed by atoms with Crippen LogP contribution in [0.5, 0.6) is 0 Å². The maximum absolute atomic E-state index is 6.05. The fraction of sp³-hybridized carbons (Fsp3) is 0.941. The molecule has 0 amide bonds. The quantitative estimate of drug-likeness (QED) is 0.402. The maximum Gasteiger partial charge on any atom is 0.191 e. The van der Waals surface area contributed by atoms with E-state index < -0.39 is 0 Å². The first-order valence-electron chi connectivity index (χ1n) is 8.48. The van der Waals surface area contributed by atoms with Gasteiger partial charge in [-0.1, -0.05) is 34.6 Å². The Kier molecular flexibility index (Phi) is 10.7. The number of nitrogens with one attached hydrogen (secondary N) is 2. The van der Waals surface area contributed by atoms with E-state index in [1.165, 1.54) is 12.8 Å². The summed E-state index contributed by atoms with van der Waals surface area (Å²) >= 11 is 0. The van der Waals surface area contributed by atoms with Gasteiger partial charge in [-0.3, -0.25) is 4.99 Å². The van der Waals surface area contributed by atoms with E-state index in [0.717, 1.165) is 32.2 Å². The van der Waals surface area contributed by atoms with Crippen LogP contribution in [0.2, 0.25) is 0 Å². The van der Waals surface area contributed by atoms with Crippen LogP contribution in [0.25, 0.3) is 0 Å². The van der Waals surface area contributed by atoms with Crippen LogP contribution < -0.4 is 10.6 Å². The molecule has 0 radical (unpaired) electrons. The molecular weight excluding hydrogens is 389 g/mol. The van der Waals surface area contributed by atoms with Gasteiger partial charge in [-0.2, -0.15) is 0 Å². The maximum atomic E-state index is 6.05. The van der Waals surface area contributed by atoms with Crippen molar-refractivity contribution < 1.29 is 4.74 Å². The molecule has 0 saturated carbocycles. The highest BCUT2D eigenvalue weighted by Gasteiger charge is 2.35. The average molecular weight is 425 g/mol. The van der Waals surface area contributed by atoms with Gasteiger partial charge in [-0.25, -0.2) is 0 Å². The van der Waals surface area contributed by atoms with Gasteiger partial charge in [0.15, 0.2) is 5.96 Å². The minimum atomic E-state index is 0. The molecule has 2 N–H and O–H groups in total. The first-order valence-corrected chi connectivity index (χ1v) is 8.48. The summed E-state index contributed by atoms with van der Waals surface area (Å²) < 4.78 is 6.05. The molecule has 0 bridgehead atoms. The van der Waals surface area contributed by atoms with E-state index in [-0.39, 0.29) is 29.4 Å². The normalized spacial score (nSPS) is 23.1. The van der Waals surface area contributed by atoms with Crippen LogP contribution in [-0.4, -0.2) is 38.3 Å². The van der Waals surface area contributed by atoms with Gasteiger partial charge < -0.3 is 15.4 Å². The molecule has 1 rings (SSSR count). The van der Waals surface area contributed by atoms with Gasteiger partial charge >= 0.3 is 0 Å². The zero-order chi connectivity index (χ0) is 15.9. The van der Waals surface area contributed by atoms with Crippen molar-refractivity contribution in [3.8, 4) is 0 Å². The van der Waals surface area contributed by atoms with E-state index in [0.29, 0.717) is 17.9 Å². The number of ether oxygens (including phenoxy) is 1. The zero-order valence-electron chi connectivity index (χ0n) is 15.2. The first-order chi connectivity index (χ1) is 9.84. The second kappa shape index (κ2) is 10.7. The first kappa shape index (κ1) is 22.0. The van der Waals surface area contributed by atoms with Crippen LogP contribution >= 0.6 is 24.0 Å². The van der Waals surface area contributed by atoms with E-state index in [1.807, 2.05) is 0 Å². The summed E-state index contributed by atoms with van der Waals surface area (Å²) in [5.74, 6) is 2.08. The summed E-state index contributed by atoms with van der Waals surface area (Å²) in [6, 6.07) is 0. The molecule has 0 aliphatic carbocycles. The lowest BCUT2D eigenvalue weighted by Gasteiger charge is -2.40. The molecule has 1 aliphatic heterocycles. The number of rotatable bonds is 5. The van der Waals surface area contributed by atoms with E-state index >= 15 is 0 Å². The number of nitrogens with zero attached hydrogens (tertiary/aromatic N) is 1. The molecule has 1 heterocycles. The van der Waals surface area contributed by atoms with Crippen molar-refractivity contribution in [2.75, 3.05) is 26.2 Å². The Hall–Kier alpha value is -0.0400. The van der Waals surface area contributed by atoms with E-state index in [4.69, 9.17) is 4.74 Å². The van der Waals surface area contributed by atoms with Gasteiger partial charge in [0, 0.05) is 32.2 Å². The topological polar surface area (TPSA) is 45.7 Å². The Balaban J connectivity index is 0.00000441. The Morgan fingerprint density at radius 2 is 1.95 bits per heavy atom. The molecule has 1 aliphatic rings. The standard InChI is InChI=1S/C17H35N3O.HI/c1-7-18-16(19-11-13(2)3)20-12-14-9-8-10-21-15(14)17(4,5)6;/h13-15H,7-12H2,1-6H3,(H2,18,19,20);1H. The third-order valence-electron chi connectivity index (χ3n) is 3.79. The largest absolute Gasteiger partial charge is 0.377 e. The van der Waals surface area contributed by atoms with Gasteiger partial charge in [0.2, 0.25) is 0 Å². The van der Waals surface area contributed by atoms with Gasteiger partial charge in [0.05, 0.1) is 6.10 Å². The molecular formula is C17H36IN3O. The zero-order valence-corrected chi connectivity index (χ0v) is 17.6. The third-order valence-corrected chi connectivity index (χ3v) is 3.79. The second-order valence-electron chi connectivity index (χ2n) is 7.55. The molecule has 0 aromatic heterocycles. The van der Waals surface area contributed by atoms with Crippen LogP contribution in [0.4, 0.5) is 0 Å². The van der Waals surface area contributed by atoms with E-state index in [1.54, 1.807) is 0 Å². The summed E-state index contributed by atoms with van der Waals surface area (Å²) in [7, 11) is 0. The van der Waals surface area contributed by atoms with E-state index in [2.05, 4.69) is 57.2 Å². The highest BCUT2D eigenvalue weighted by molar-refractivity contribution is 14.0. The molecule has 5 heteroatoms. The van der Waals surface area contributed by atoms with Gasteiger partial charge in [-0.05, 0) is 31.1 Å². The summed E-state index contributed by atoms with van der Waals surface area (Å²) in [6.07, 6.45) is 2.73. The number of halogens is 1. The summed E-state index contributed by atoms with van der Waals surface area (Å²) in [5.41, 5.74) is 0.195. The van der Waals surface area contributed by atoms with Crippen molar-refractivity contribution in [3.63, 3.8) is 0 Å². The van der Waals surface area contributed by atoms with Crippen molar-refractivity contribution in [1.82, 2.24) is 10.6 Å². The van der Waals surface area contributed by atoms with Gasteiger partial charge in [-0.15, -0.1) is 24.0 Å². The van der Waals surface area contributed by atoms with Crippen molar-refractivity contribution in [3.05, 3.63) is 0 Å². The van der Waals surface area contributed by atoms with Gasteiger partial charge in [0.25, 0.3) is 0 Å². The Labute approximate surface area is 154 Å². The van der Waals surface area contributed by atoms with Gasteiger partial charge in [0.1, 0.15) is 0 Å². The van der Waals surface area contributed by atoms with Crippen LogP contribution in [-0.2, 0) is 4.74 Å². The SMILES string of the molecule is CCNC(=NCC(C)C)NCC1CCCOC1C(C)(C)C.I. The minimum absolute atomic E-state index is 0. The van der Waals surface area contributed by atoms with Crippen molar-refractivity contribution in [2.45, 2.75) is 60.5 Å². The van der Waals surface area contributed by atoms with Crippen LogP contribution in [0.3, 0.4) is 0 Å². The third kappa shape index (κ3) is 7.99. The number of guanidine groups is 1. The smallest absolute Gasteiger partial charge is 0.191 e. The van der Waals surface area contributed by atoms with Crippen molar-refractivity contribution in [1.29, 1.82) is 0 Å². The second-order valence-corrected chi connectivity index (χ2v) is 7.55. The average Bonchev–Trinajstić information content (AvgIpc) is 2.41. The summed E-state index contributed by atoms with van der Waals surface area (Å²) in [6.45, 7) is 16.9. The molecule has 0 aromatic carbocycles. The van der Waals surface area contributed by atoms with Crippen molar-refractivity contribution in [2.24, 2.45) is 22.2 Å². The number of hydrogen-bond acceptors (Lipinski definition) is 2. The predicted molar refractivity (Wildman–Crippen MR) is 106 cm³/mol. The highest BCUT2D eigenvalue weighted by atomic mass is 127. The van der Waals surface area contributed by atoms with Crippen molar-refractivity contribution >= 4 is 29.9 Å². The van der Waals surface area contributed by atoms with Crippen LogP contribution in [0.15, 0.2) is 4.99 Å². The molecule has 4 nitrogen and oxygen atoms in total. The summed E-state index contributed by atoms with van der Waals surface area (Å²) in [4.78, 5) is 4.64. The number of hydrogen-bond donors (Lipinski definition) is 2.